The lowest BCUT2D eigenvalue weighted by Crippen LogP contribution is -2.07. The number of aryl methyl sites for hydroxylation is 1. The average Bonchev–Trinajstić information content (AvgIpc) is 2.37. The normalized spacial score (nSPS) is 11.0. The molecule has 2 N–H and O–H groups in total. The van der Waals surface area contributed by atoms with Crippen LogP contribution in [0.4, 0.5) is 4.39 Å². The number of aromatic nitrogens is 1. The maximum Gasteiger partial charge on any atom is 0.149 e. The van der Waals surface area contributed by atoms with Gasteiger partial charge in [-0.3, -0.25) is 0 Å². The van der Waals surface area contributed by atoms with E-state index >= 15 is 0 Å². The molecule has 0 spiro atoms. The smallest absolute Gasteiger partial charge is 0.149 e. The highest BCUT2D eigenvalue weighted by Gasteiger charge is 2.13. The molecule has 0 fully saturated rings. The number of halogens is 1. The summed E-state index contributed by atoms with van der Waals surface area (Å²) in [6.45, 7) is 2.25. The van der Waals surface area contributed by atoms with Crippen LogP contribution in [0.3, 0.4) is 0 Å². The van der Waals surface area contributed by atoms with Crippen molar-refractivity contribution in [2.45, 2.75) is 32.7 Å². The Morgan fingerprint density at radius 1 is 1.29 bits per heavy atom. The fourth-order valence-electron chi connectivity index (χ4n) is 2.05. The number of hydrogen-bond donors (Lipinski definition) is 1. The SMILES string of the molecule is CCCCc1c(F)c(CN)nc2ccccc12. The molecule has 0 aliphatic carbocycles. The van der Waals surface area contributed by atoms with E-state index < -0.39 is 0 Å². The van der Waals surface area contributed by atoms with Crippen LogP contribution < -0.4 is 5.73 Å². The summed E-state index contributed by atoms with van der Waals surface area (Å²) in [7, 11) is 0. The fraction of sp³-hybridized carbons (Fsp3) is 0.357. The summed E-state index contributed by atoms with van der Waals surface area (Å²) >= 11 is 0. The Labute approximate surface area is 101 Å². The van der Waals surface area contributed by atoms with Gasteiger partial charge in [0.1, 0.15) is 5.82 Å². The predicted octanol–water partition coefficient (Wildman–Crippen LogP) is 3.18. The third-order valence-corrected chi connectivity index (χ3v) is 2.98. The third kappa shape index (κ3) is 2.29. The van der Waals surface area contributed by atoms with Crippen LogP contribution in [0.5, 0.6) is 0 Å². The van der Waals surface area contributed by atoms with Crippen molar-refractivity contribution in [3.05, 3.63) is 41.3 Å². The Kier molecular flexibility index (Phi) is 3.69. The molecule has 0 saturated carbocycles. The van der Waals surface area contributed by atoms with Gasteiger partial charge in [0.25, 0.3) is 0 Å². The summed E-state index contributed by atoms with van der Waals surface area (Å²) in [5, 5.41) is 0.913. The Bertz CT molecular complexity index is 523. The van der Waals surface area contributed by atoms with E-state index in [9.17, 15) is 4.39 Å². The Morgan fingerprint density at radius 2 is 2.06 bits per heavy atom. The predicted molar refractivity (Wildman–Crippen MR) is 68.2 cm³/mol. The lowest BCUT2D eigenvalue weighted by atomic mass is 10.0. The highest BCUT2D eigenvalue weighted by molar-refractivity contribution is 5.82. The van der Waals surface area contributed by atoms with Gasteiger partial charge >= 0.3 is 0 Å². The molecule has 1 aromatic heterocycles. The number of rotatable bonds is 4. The van der Waals surface area contributed by atoms with Gasteiger partial charge < -0.3 is 5.73 Å². The molecule has 2 nitrogen and oxygen atoms in total. The van der Waals surface area contributed by atoms with Gasteiger partial charge in [0.2, 0.25) is 0 Å². The van der Waals surface area contributed by atoms with Gasteiger partial charge in [0, 0.05) is 11.9 Å². The van der Waals surface area contributed by atoms with Crippen molar-refractivity contribution in [1.29, 1.82) is 0 Å². The standard InChI is InChI=1S/C14H17FN2/c1-2-3-6-11-10-7-4-5-8-12(10)17-13(9-16)14(11)15/h4-5,7-8H,2-3,6,9,16H2,1H3. The lowest BCUT2D eigenvalue weighted by Gasteiger charge is -2.10. The van der Waals surface area contributed by atoms with E-state index in [0.717, 1.165) is 35.7 Å². The highest BCUT2D eigenvalue weighted by atomic mass is 19.1. The molecule has 0 saturated heterocycles. The van der Waals surface area contributed by atoms with Gasteiger partial charge in [0.05, 0.1) is 11.2 Å². The number of unbranched alkanes of at least 4 members (excludes halogenated alkanes) is 1. The number of benzene rings is 1. The third-order valence-electron chi connectivity index (χ3n) is 2.98. The molecule has 0 radical (unpaired) electrons. The first-order valence-electron chi connectivity index (χ1n) is 6.04. The number of pyridine rings is 1. The van der Waals surface area contributed by atoms with Crippen molar-refractivity contribution in [2.75, 3.05) is 0 Å². The summed E-state index contributed by atoms with van der Waals surface area (Å²) in [4.78, 5) is 4.26. The lowest BCUT2D eigenvalue weighted by molar-refractivity contribution is 0.582. The summed E-state index contributed by atoms with van der Waals surface area (Å²) < 4.78 is 14.2. The van der Waals surface area contributed by atoms with Crippen molar-refractivity contribution in [3.8, 4) is 0 Å². The summed E-state index contributed by atoms with van der Waals surface area (Å²) in [5.41, 5.74) is 7.50. The second-order valence-electron chi connectivity index (χ2n) is 4.18. The van der Waals surface area contributed by atoms with Crippen LogP contribution in [0.15, 0.2) is 24.3 Å². The molecule has 0 aliphatic heterocycles. The highest BCUT2D eigenvalue weighted by Crippen LogP contribution is 2.23. The Morgan fingerprint density at radius 3 is 2.76 bits per heavy atom. The van der Waals surface area contributed by atoms with Crippen LogP contribution in [0.1, 0.15) is 31.0 Å². The van der Waals surface area contributed by atoms with Crippen molar-refractivity contribution < 1.29 is 4.39 Å². The van der Waals surface area contributed by atoms with Gasteiger partial charge in [-0.2, -0.15) is 0 Å². The molecule has 0 amide bonds. The topological polar surface area (TPSA) is 38.9 Å². The molecule has 1 heterocycles. The van der Waals surface area contributed by atoms with Crippen molar-refractivity contribution >= 4 is 10.9 Å². The van der Waals surface area contributed by atoms with Gasteiger partial charge in [-0.25, -0.2) is 9.37 Å². The van der Waals surface area contributed by atoms with Gasteiger partial charge in [-0.1, -0.05) is 31.5 Å². The first-order chi connectivity index (χ1) is 8.27. The van der Waals surface area contributed by atoms with E-state index in [2.05, 4.69) is 11.9 Å². The molecule has 2 rings (SSSR count). The second kappa shape index (κ2) is 5.23. The number of hydrogen-bond acceptors (Lipinski definition) is 2. The molecular formula is C14H17FN2. The van der Waals surface area contributed by atoms with Crippen LogP contribution in [0.25, 0.3) is 10.9 Å². The summed E-state index contributed by atoms with van der Waals surface area (Å²) in [6, 6.07) is 7.66. The van der Waals surface area contributed by atoms with Crippen LogP contribution in [0.2, 0.25) is 0 Å². The quantitative estimate of drug-likeness (QED) is 0.879. The zero-order valence-corrected chi connectivity index (χ0v) is 10.0. The van der Waals surface area contributed by atoms with Crippen LogP contribution in [-0.2, 0) is 13.0 Å². The minimum Gasteiger partial charge on any atom is -0.325 e. The Hall–Kier alpha value is -1.48. The molecule has 0 bridgehead atoms. The van der Waals surface area contributed by atoms with E-state index in [4.69, 9.17) is 5.73 Å². The van der Waals surface area contributed by atoms with E-state index in [1.165, 1.54) is 0 Å². The minimum absolute atomic E-state index is 0.149. The molecule has 0 unspecified atom stereocenters. The van der Waals surface area contributed by atoms with Crippen molar-refractivity contribution in [1.82, 2.24) is 4.98 Å². The summed E-state index contributed by atoms with van der Waals surface area (Å²) in [5.74, 6) is -0.223. The van der Waals surface area contributed by atoms with Gasteiger partial charge in [-0.15, -0.1) is 0 Å². The first kappa shape index (κ1) is 12.0. The number of nitrogens with two attached hydrogens (primary N) is 1. The summed E-state index contributed by atoms with van der Waals surface area (Å²) in [6.07, 6.45) is 2.78. The molecule has 2 aromatic rings. The van der Waals surface area contributed by atoms with Crippen molar-refractivity contribution in [2.24, 2.45) is 5.73 Å². The second-order valence-corrected chi connectivity index (χ2v) is 4.18. The van der Waals surface area contributed by atoms with Crippen LogP contribution in [-0.4, -0.2) is 4.98 Å². The molecule has 1 aromatic carbocycles. The zero-order chi connectivity index (χ0) is 12.3. The van der Waals surface area contributed by atoms with Gasteiger partial charge in [-0.05, 0) is 24.5 Å². The van der Waals surface area contributed by atoms with E-state index in [-0.39, 0.29) is 12.4 Å². The zero-order valence-electron chi connectivity index (χ0n) is 10.0. The monoisotopic (exact) mass is 232 g/mol. The largest absolute Gasteiger partial charge is 0.325 e. The molecular weight excluding hydrogens is 215 g/mol. The molecule has 90 valence electrons. The maximum atomic E-state index is 14.2. The van der Waals surface area contributed by atoms with E-state index in [1.807, 2.05) is 24.3 Å². The molecule has 0 atom stereocenters. The minimum atomic E-state index is -0.223. The molecule has 17 heavy (non-hydrogen) atoms. The van der Waals surface area contributed by atoms with Gasteiger partial charge in [0.15, 0.2) is 0 Å². The first-order valence-corrected chi connectivity index (χ1v) is 6.04. The number of nitrogens with zero attached hydrogens (tertiary/aromatic N) is 1. The number of para-hydroxylation sites is 1. The number of fused-ring (bicyclic) bond motifs is 1. The Balaban J connectivity index is 2.62. The average molecular weight is 232 g/mol. The molecule has 3 heteroatoms. The van der Waals surface area contributed by atoms with Crippen LogP contribution in [0, 0.1) is 5.82 Å². The fourth-order valence-corrected chi connectivity index (χ4v) is 2.05. The van der Waals surface area contributed by atoms with E-state index in [0.29, 0.717) is 5.69 Å². The van der Waals surface area contributed by atoms with Crippen molar-refractivity contribution in [3.63, 3.8) is 0 Å². The molecule has 0 aliphatic rings. The van der Waals surface area contributed by atoms with E-state index in [1.54, 1.807) is 0 Å². The maximum absolute atomic E-state index is 14.2. The van der Waals surface area contributed by atoms with Crippen LogP contribution >= 0.6 is 0 Å².